The van der Waals surface area contributed by atoms with Crippen LogP contribution in [0.2, 0.25) is 0 Å². The second-order valence-electron chi connectivity index (χ2n) is 6.96. The van der Waals surface area contributed by atoms with Crippen molar-refractivity contribution < 1.29 is 4.79 Å². The Morgan fingerprint density at radius 2 is 1.57 bits per heavy atom. The summed E-state index contributed by atoms with van der Waals surface area (Å²) in [6.45, 7) is 5.78. The zero-order valence-electron chi connectivity index (χ0n) is 14.3. The fourth-order valence-electron chi connectivity index (χ4n) is 3.75. The summed E-state index contributed by atoms with van der Waals surface area (Å²) in [5.74, 6) is 0. The number of rotatable bonds is 2. The fraction of sp³-hybridized carbons (Fsp3) is 0.632. The smallest absolute Gasteiger partial charge is 0.321 e. The van der Waals surface area contributed by atoms with Crippen LogP contribution in [0.4, 0.5) is 10.5 Å². The molecule has 1 N–H and O–H groups in total. The molecule has 0 aromatic heterocycles. The van der Waals surface area contributed by atoms with Crippen LogP contribution in [0.25, 0.3) is 0 Å². The summed E-state index contributed by atoms with van der Waals surface area (Å²) in [6.07, 6.45) is 8.23. The molecule has 1 saturated carbocycles. The third-order valence-corrected chi connectivity index (χ3v) is 5.25. The molecule has 1 heterocycles. The van der Waals surface area contributed by atoms with Crippen LogP contribution < -0.4 is 5.32 Å². The number of amides is 2. The molecule has 0 bridgehead atoms. The van der Waals surface area contributed by atoms with Crippen LogP contribution in [0.1, 0.15) is 44.1 Å². The molecule has 1 aliphatic carbocycles. The lowest BCUT2D eigenvalue weighted by Crippen LogP contribution is -2.52. The first-order chi connectivity index (χ1) is 11.2. The predicted octanol–water partition coefficient (Wildman–Crippen LogP) is 3.87. The van der Waals surface area contributed by atoms with Gasteiger partial charge in [0.25, 0.3) is 0 Å². The topological polar surface area (TPSA) is 35.6 Å². The van der Waals surface area contributed by atoms with Crippen LogP contribution in [0.3, 0.4) is 0 Å². The minimum Gasteiger partial charge on any atom is -0.322 e. The van der Waals surface area contributed by atoms with Gasteiger partial charge in [0, 0.05) is 37.9 Å². The van der Waals surface area contributed by atoms with Gasteiger partial charge in [0.1, 0.15) is 0 Å². The third-order valence-electron chi connectivity index (χ3n) is 5.25. The van der Waals surface area contributed by atoms with E-state index in [1.165, 1.54) is 44.1 Å². The van der Waals surface area contributed by atoms with Gasteiger partial charge in [-0.15, -0.1) is 0 Å². The molecule has 23 heavy (non-hydrogen) atoms. The van der Waals surface area contributed by atoms with Crippen molar-refractivity contribution in [2.75, 3.05) is 31.5 Å². The van der Waals surface area contributed by atoms with Gasteiger partial charge in [0.15, 0.2) is 0 Å². The SMILES string of the molecule is Cc1ccc(NC(=O)N2CCN(C3CCCCCC3)CC2)cc1. The number of benzene rings is 1. The number of piperazine rings is 1. The first kappa shape index (κ1) is 16.3. The second kappa shape index (κ2) is 7.82. The molecular formula is C19H29N3O. The van der Waals surface area contributed by atoms with Crippen LogP contribution in [-0.4, -0.2) is 48.1 Å². The highest BCUT2D eigenvalue weighted by molar-refractivity contribution is 5.89. The summed E-state index contributed by atoms with van der Waals surface area (Å²) in [4.78, 5) is 17.0. The number of carbonyl (C=O) groups is 1. The molecular weight excluding hydrogens is 286 g/mol. The summed E-state index contributed by atoms with van der Waals surface area (Å²) >= 11 is 0. The van der Waals surface area contributed by atoms with Crippen LogP contribution in [-0.2, 0) is 0 Å². The molecule has 1 aromatic carbocycles. The van der Waals surface area contributed by atoms with Gasteiger partial charge in [-0.3, -0.25) is 4.90 Å². The van der Waals surface area contributed by atoms with Crippen molar-refractivity contribution in [3.05, 3.63) is 29.8 Å². The quantitative estimate of drug-likeness (QED) is 0.841. The first-order valence-corrected chi connectivity index (χ1v) is 9.09. The van der Waals surface area contributed by atoms with Crippen molar-refractivity contribution in [2.24, 2.45) is 0 Å². The first-order valence-electron chi connectivity index (χ1n) is 9.09. The maximum atomic E-state index is 12.4. The van der Waals surface area contributed by atoms with Crippen molar-refractivity contribution in [3.8, 4) is 0 Å². The molecule has 4 nitrogen and oxygen atoms in total. The number of anilines is 1. The van der Waals surface area contributed by atoms with Crippen molar-refractivity contribution in [3.63, 3.8) is 0 Å². The number of hydrogen-bond acceptors (Lipinski definition) is 2. The zero-order valence-corrected chi connectivity index (χ0v) is 14.3. The second-order valence-corrected chi connectivity index (χ2v) is 6.96. The highest BCUT2D eigenvalue weighted by Crippen LogP contribution is 2.23. The van der Waals surface area contributed by atoms with Crippen LogP contribution in [0.5, 0.6) is 0 Å². The normalized spacial score (nSPS) is 21.0. The predicted molar refractivity (Wildman–Crippen MR) is 94.8 cm³/mol. The van der Waals surface area contributed by atoms with Crippen molar-refractivity contribution >= 4 is 11.7 Å². The van der Waals surface area contributed by atoms with E-state index in [1.807, 2.05) is 29.2 Å². The Hall–Kier alpha value is -1.55. The highest BCUT2D eigenvalue weighted by atomic mass is 16.2. The third kappa shape index (κ3) is 4.47. The van der Waals surface area contributed by atoms with Gasteiger partial charge in [-0.25, -0.2) is 4.79 Å². The van der Waals surface area contributed by atoms with Gasteiger partial charge < -0.3 is 10.2 Å². The average Bonchev–Trinajstić information content (AvgIpc) is 2.86. The van der Waals surface area contributed by atoms with E-state index in [9.17, 15) is 4.79 Å². The van der Waals surface area contributed by atoms with E-state index in [1.54, 1.807) is 0 Å². The lowest BCUT2D eigenvalue weighted by atomic mass is 10.1. The number of hydrogen-bond donors (Lipinski definition) is 1. The van der Waals surface area contributed by atoms with Crippen LogP contribution in [0.15, 0.2) is 24.3 Å². The van der Waals surface area contributed by atoms with Gasteiger partial charge >= 0.3 is 6.03 Å². The Morgan fingerprint density at radius 1 is 0.957 bits per heavy atom. The molecule has 4 heteroatoms. The molecule has 126 valence electrons. The molecule has 1 aliphatic heterocycles. The summed E-state index contributed by atoms with van der Waals surface area (Å²) in [5, 5.41) is 3.01. The van der Waals surface area contributed by atoms with E-state index in [-0.39, 0.29) is 6.03 Å². The van der Waals surface area contributed by atoms with Crippen LogP contribution >= 0.6 is 0 Å². The van der Waals surface area contributed by atoms with E-state index >= 15 is 0 Å². The molecule has 2 aliphatic rings. The number of nitrogens with one attached hydrogen (secondary N) is 1. The van der Waals surface area contributed by atoms with Gasteiger partial charge in [-0.05, 0) is 31.9 Å². The van der Waals surface area contributed by atoms with Crippen LogP contribution in [0, 0.1) is 6.92 Å². The molecule has 2 fully saturated rings. The number of carbonyl (C=O) groups excluding carboxylic acids is 1. The number of nitrogens with zero attached hydrogens (tertiary/aromatic N) is 2. The Labute approximate surface area is 139 Å². The molecule has 2 amide bonds. The number of urea groups is 1. The summed E-state index contributed by atoms with van der Waals surface area (Å²) < 4.78 is 0. The van der Waals surface area contributed by atoms with Crippen molar-refractivity contribution in [1.82, 2.24) is 9.80 Å². The van der Waals surface area contributed by atoms with E-state index in [0.717, 1.165) is 37.9 Å². The van der Waals surface area contributed by atoms with Crippen molar-refractivity contribution in [1.29, 1.82) is 0 Å². The monoisotopic (exact) mass is 315 g/mol. The molecule has 0 radical (unpaired) electrons. The fourth-order valence-corrected chi connectivity index (χ4v) is 3.75. The van der Waals surface area contributed by atoms with E-state index in [4.69, 9.17) is 0 Å². The molecule has 3 rings (SSSR count). The van der Waals surface area contributed by atoms with Crippen molar-refractivity contribution in [2.45, 2.75) is 51.5 Å². The summed E-state index contributed by atoms with van der Waals surface area (Å²) in [7, 11) is 0. The Kier molecular flexibility index (Phi) is 5.55. The minimum absolute atomic E-state index is 0.0365. The molecule has 1 saturated heterocycles. The van der Waals surface area contributed by atoms with Gasteiger partial charge in [-0.1, -0.05) is 43.4 Å². The van der Waals surface area contributed by atoms with E-state index < -0.39 is 0 Å². The molecule has 0 atom stereocenters. The summed E-state index contributed by atoms with van der Waals surface area (Å²) in [6, 6.07) is 8.78. The molecule has 0 unspecified atom stereocenters. The maximum absolute atomic E-state index is 12.4. The Morgan fingerprint density at radius 3 is 2.17 bits per heavy atom. The molecule has 1 aromatic rings. The zero-order chi connectivity index (χ0) is 16.1. The molecule has 0 spiro atoms. The van der Waals surface area contributed by atoms with E-state index in [0.29, 0.717) is 0 Å². The minimum atomic E-state index is 0.0365. The standard InChI is InChI=1S/C19H29N3O/c1-16-8-10-17(11-9-16)20-19(23)22-14-12-21(13-15-22)18-6-4-2-3-5-7-18/h8-11,18H,2-7,12-15H2,1H3,(H,20,23). The Bertz CT molecular complexity index is 498. The largest absolute Gasteiger partial charge is 0.322 e. The lowest BCUT2D eigenvalue weighted by molar-refractivity contribution is 0.105. The number of aryl methyl sites for hydroxylation is 1. The van der Waals surface area contributed by atoms with Gasteiger partial charge in [0.2, 0.25) is 0 Å². The summed E-state index contributed by atoms with van der Waals surface area (Å²) in [5.41, 5.74) is 2.09. The van der Waals surface area contributed by atoms with Gasteiger partial charge in [-0.2, -0.15) is 0 Å². The van der Waals surface area contributed by atoms with Gasteiger partial charge in [0.05, 0.1) is 0 Å². The highest BCUT2D eigenvalue weighted by Gasteiger charge is 2.26. The lowest BCUT2D eigenvalue weighted by Gasteiger charge is -2.39. The average molecular weight is 315 g/mol. The van der Waals surface area contributed by atoms with E-state index in [2.05, 4.69) is 17.1 Å². The maximum Gasteiger partial charge on any atom is 0.321 e. The Balaban J connectivity index is 1.48.